The molecule has 0 bridgehead atoms. The van der Waals surface area contributed by atoms with Crippen LogP contribution in [0.4, 0.5) is 5.69 Å². The number of aryl methyl sites for hydroxylation is 1. The topological polar surface area (TPSA) is 59.1 Å². The summed E-state index contributed by atoms with van der Waals surface area (Å²) in [4.78, 5) is 2.05. The second-order valence-corrected chi connectivity index (χ2v) is 5.19. The van der Waals surface area contributed by atoms with E-state index in [4.69, 9.17) is 17.4 Å². The minimum Gasteiger partial charge on any atom is -0.378 e. The van der Waals surface area contributed by atoms with Gasteiger partial charge in [-0.2, -0.15) is 5.10 Å². The van der Waals surface area contributed by atoms with E-state index in [2.05, 4.69) is 27.6 Å². The van der Waals surface area contributed by atoms with Crippen LogP contribution in [-0.4, -0.2) is 23.9 Å². The lowest BCUT2D eigenvalue weighted by molar-refractivity contribution is 0.543. The summed E-state index contributed by atoms with van der Waals surface area (Å²) in [7, 11) is 4.01. The van der Waals surface area contributed by atoms with Crippen molar-refractivity contribution in [2.45, 2.75) is 19.5 Å². The molecule has 0 saturated heterocycles. The maximum absolute atomic E-state index is 6.26. The molecule has 6 heteroatoms. The van der Waals surface area contributed by atoms with Crippen LogP contribution in [0.3, 0.4) is 0 Å². The van der Waals surface area contributed by atoms with Crippen molar-refractivity contribution in [2.24, 2.45) is 5.84 Å². The highest BCUT2D eigenvalue weighted by Gasteiger charge is 2.21. The van der Waals surface area contributed by atoms with Crippen LogP contribution in [0.25, 0.3) is 0 Å². The van der Waals surface area contributed by atoms with Gasteiger partial charge >= 0.3 is 0 Å². The van der Waals surface area contributed by atoms with Crippen LogP contribution in [0, 0.1) is 0 Å². The molecule has 1 aromatic heterocycles. The summed E-state index contributed by atoms with van der Waals surface area (Å²) in [6, 6.07) is 7.99. The van der Waals surface area contributed by atoms with E-state index in [1.165, 1.54) is 0 Å². The van der Waals surface area contributed by atoms with E-state index in [0.29, 0.717) is 5.02 Å². The van der Waals surface area contributed by atoms with Crippen molar-refractivity contribution >= 4 is 17.3 Å². The third-order valence-corrected chi connectivity index (χ3v) is 3.58. The van der Waals surface area contributed by atoms with E-state index < -0.39 is 0 Å². The first kappa shape index (κ1) is 14.8. The van der Waals surface area contributed by atoms with Crippen LogP contribution in [0.1, 0.15) is 24.2 Å². The molecule has 5 nitrogen and oxygen atoms in total. The standard InChI is InChI=1S/C14H20ClN5/c1-4-20-14(12(15)9-17-20)13(18-16)10-6-5-7-11(8-10)19(2)3/h5-9,13,18H,4,16H2,1-3H3. The average molecular weight is 294 g/mol. The largest absolute Gasteiger partial charge is 0.378 e. The zero-order valence-corrected chi connectivity index (χ0v) is 12.7. The van der Waals surface area contributed by atoms with E-state index in [0.717, 1.165) is 23.5 Å². The van der Waals surface area contributed by atoms with Gasteiger partial charge in [0.25, 0.3) is 0 Å². The van der Waals surface area contributed by atoms with Gasteiger partial charge in [-0.3, -0.25) is 10.5 Å². The van der Waals surface area contributed by atoms with Crippen LogP contribution >= 0.6 is 11.6 Å². The first-order valence-corrected chi connectivity index (χ1v) is 6.90. The minimum atomic E-state index is -0.190. The van der Waals surface area contributed by atoms with Crippen molar-refractivity contribution in [3.63, 3.8) is 0 Å². The maximum atomic E-state index is 6.26. The molecule has 0 spiro atoms. The summed E-state index contributed by atoms with van der Waals surface area (Å²) >= 11 is 6.26. The van der Waals surface area contributed by atoms with E-state index in [9.17, 15) is 0 Å². The first-order valence-electron chi connectivity index (χ1n) is 6.53. The summed E-state index contributed by atoms with van der Waals surface area (Å²) < 4.78 is 1.86. The Morgan fingerprint density at radius 2 is 2.20 bits per heavy atom. The Morgan fingerprint density at radius 1 is 1.45 bits per heavy atom. The van der Waals surface area contributed by atoms with Gasteiger partial charge in [-0.1, -0.05) is 23.7 Å². The molecule has 1 heterocycles. The number of anilines is 1. The van der Waals surface area contributed by atoms with Crippen LogP contribution in [0.2, 0.25) is 5.02 Å². The number of nitrogens with zero attached hydrogens (tertiary/aromatic N) is 3. The van der Waals surface area contributed by atoms with Crippen molar-refractivity contribution in [2.75, 3.05) is 19.0 Å². The molecule has 0 aliphatic carbocycles. The molecule has 0 saturated carbocycles. The second kappa shape index (κ2) is 6.26. The van der Waals surface area contributed by atoms with Crippen molar-refractivity contribution in [3.05, 3.63) is 46.7 Å². The number of aromatic nitrogens is 2. The van der Waals surface area contributed by atoms with Gasteiger partial charge in [0.2, 0.25) is 0 Å². The Labute approximate surface area is 124 Å². The summed E-state index contributed by atoms with van der Waals surface area (Å²) in [5, 5.41) is 4.88. The van der Waals surface area contributed by atoms with Gasteiger partial charge < -0.3 is 4.90 Å². The number of benzene rings is 1. The Kier molecular flexibility index (Phi) is 4.65. The van der Waals surface area contributed by atoms with E-state index in [1.54, 1.807) is 6.20 Å². The Morgan fingerprint density at radius 3 is 2.80 bits per heavy atom. The lowest BCUT2D eigenvalue weighted by Gasteiger charge is -2.20. The normalized spacial score (nSPS) is 12.4. The fourth-order valence-electron chi connectivity index (χ4n) is 2.23. The molecule has 3 N–H and O–H groups in total. The van der Waals surface area contributed by atoms with Crippen molar-refractivity contribution < 1.29 is 0 Å². The van der Waals surface area contributed by atoms with Crippen LogP contribution in [-0.2, 0) is 6.54 Å². The predicted molar refractivity (Wildman–Crippen MR) is 82.8 cm³/mol. The number of nitrogens with two attached hydrogens (primary N) is 1. The number of hydrogen-bond donors (Lipinski definition) is 2. The van der Waals surface area contributed by atoms with Crippen LogP contribution in [0.15, 0.2) is 30.5 Å². The molecule has 0 fully saturated rings. The molecule has 1 unspecified atom stereocenters. The molecule has 0 aliphatic heterocycles. The van der Waals surface area contributed by atoms with Gasteiger partial charge in [-0.15, -0.1) is 0 Å². The van der Waals surface area contributed by atoms with Gasteiger partial charge in [0, 0.05) is 26.3 Å². The van der Waals surface area contributed by atoms with Gasteiger partial charge in [0.15, 0.2) is 0 Å². The molecule has 1 atom stereocenters. The fourth-order valence-corrected chi connectivity index (χ4v) is 2.48. The molecule has 2 aromatic rings. The summed E-state index contributed by atoms with van der Waals surface area (Å²) in [5.74, 6) is 5.75. The molecule has 20 heavy (non-hydrogen) atoms. The number of nitrogens with one attached hydrogen (secondary N) is 1. The number of halogens is 1. The van der Waals surface area contributed by atoms with Crippen LogP contribution in [0.5, 0.6) is 0 Å². The molecule has 108 valence electrons. The quantitative estimate of drug-likeness (QED) is 0.655. The van der Waals surface area contributed by atoms with Crippen molar-refractivity contribution in [1.29, 1.82) is 0 Å². The fraction of sp³-hybridized carbons (Fsp3) is 0.357. The zero-order chi connectivity index (χ0) is 14.7. The number of hydrogen-bond acceptors (Lipinski definition) is 4. The van der Waals surface area contributed by atoms with Crippen molar-refractivity contribution in [3.8, 4) is 0 Å². The molecule has 2 rings (SSSR count). The predicted octanol–water partition coefficient (Wildman–Crippen LogP) is 2.18. The summed E-state index contributed by atoms with van der Waals surface area (Å²) in [6.07, 6.45) is 1.65. The molecular weight excluding hydrogens is 274 g/mol. The first-order chi connectivity index (χ1) is 9.58. The highest BCUT2D eigenvalue weighted by molar-refractivity contribution is 6.31. The van der Waals surface area contributed by atoms with Gasteiger partial charge in [-0.25, -0.2) is 5.43 Å². The SMILES string of the molecule is CCn1ncc(Cl)c1C(NN)c1cccc(N(C)C)c1. The minimum absolute atomic E-state index is 0.190. The van der Waals surface area contributed by atoms with Crippen molar-refractivity contribution in [1.82, 2.24) is 15.2 Å². The third kappa shape index (κ3) is 2.80. The van der Waals surface area contributed by atoms with Gasteiger partial charge in [0.05, 0.1) is 23.0 Å². The highest BCUT2D eigenvalue weighted by Crippen LogP contribution is 2.29. The zero-order valence-electron chi connectivity index (χ0n) is 12.0. The Hall–Kier alpha value is -1.56. The number of hydrazine groups is 1. The van der Waals surface area contributed by atoms with Gasteiger partial charge in [-0.05, 0) is 24.6 Å². The van der Waals surface area contributed by atoms with E-state index in [1.807, 2.05) is 37.8 Å². The second-order valence-electron chi connectivity index (χ2n) is 4.78. The molecule has 0 amide bonds. The Bertz CT molecular complexity index is 579. The third-order valence-electron chi connectivity index (χ3n) is 3.29. The van der Waals surface area contributed by atoms with E-state index >= 15 is 0 Å². The lowest BCUT2D eigenvalue weighted by atomic mass is 10.0. The maximum Gasteiger partial charge on any atom is 0.0894 e. The molecule has 1 aromatic carbocycles. The summed E-state index contributed by atoms with van der Waals surface area (Å²) in [6.45, 7) is 2.77. The average Bonchev–Trinajstić information content (AvgIpc) is 2.82. The smallest absolute Gasteiger partial charge is 0.0894 e. The summed E-state index contributed by atoms with van der Waals surface area (Å²) in [5.41, 5.74) is 5.88. The van der Waals surface area contributed by atoms with Gasteiger partial charge in [0.1, 0.15) is 0 Å². The lowest BCUT2D eigenvalue weighted by Crippen LogP contribution is -2.31. The number of rotatable bonds is 5. The molecular formula is C14H20ClN5. The van der Waals surface area contributed by atoms with E-state index in [-0.39, 0.29) is 6.04 Å². The molecule has 0 aliphatic rings. The highest BCUT2D eigenvalue weighted by atomic mass is 35.5. The van der Waals surface area contributed by atoms with Crippen LogP contribution < -0.4 is 16.2 Å². The Balaban J connectivity index is 2.47. The monoisotopic (exact) mass is 293 g/mol. The molecule has 0 radical (unpaired) electrons.